The monoisotopic (exact) mass is 772 g/mol. The molecule has 10 atom stereocenters. The van der Waals surface area contributed by atoms with Crippen LogP contribution in [-0.2, 0) is 52.4 Å². The molecule has 0 saturated heterocycles. The summed E-state index contributed by atoms with van der Waals surface area (Å²) < 4.78 is 35.8. The Kier molecular flexibility index (Phi) is 14.3. The van der Waals surface area contributed by atoms with E-state index in [9.17, 15) is 39.0 Å². The molecule has 0 aromatic heterocycles. The first-order chi connectivity index (χ1) is 25.4. The molecule has 3 rings (SSSR count). The van der Waals surface area contributed by atoms with Gasteiger partial charge in [0.25, 0.3) is 0 Å². The van der Waals surface area contributed by atoms with Gasteiger partial charge in [0.15, 0.2) is 24.4 Å². The SMILES string of the molecule is C=C1[C@H](OC(=O)C(C)C)[C@@H](OC(C)=O)[C@@H](OC(C)=O)C(C)(C)/C=C/[C@H](C)[C@H](O)[C@@]2(O)C[C@@](C)(OC(=O)C(C)C)[C@H](OC(C)=O)[C@@H]2[C@H]1OC(=O)c1ccccc1. The smallest absolute Gasteiger partial charge is 0.338 e. The highest BCUT2D eigenvalue weighted by atomic mass is 16.6. The van der Waals surface area contributed by atoms with E-state index in [0.717, 1.165) is 20.8 Å². The van der Waals surface area contributed by atoms with Crippen LogP contribution in [0.5, 0.6) is 0 Å². The van der Waals surface area contributed by atoms with Crippen LogP contribution in [-0.4, -0.2) is 93.9 Å². The second-order valence-electron chi connectivity index (χ2n) is 16.0. The molecule has 0 bridgehead atoms. The predicted octanol–water partition coefficient (Wildman–Crippen LogP) is 4.43. The van der Waals surface area contributed by atoms with Gasteiger partial charge in [-0.2, -0.15) is 0 Å². The van der Waals surface area contributed by atoms with Crippen molar-refractivity contribution in [1.82, 2.24) is 0 Å². The zero-order valence-electron chi connectivity index (χ0n) is 33.5. The van der Waals surface area contributed by atoms with Crippen LogP contribution in [0.1, 0.15) is 92.9 Å². The Bertz CT molecular complexity index is 1650. The Morgan fingerprint density at radius 1 is 0.764 bits per heavy atom. The number of esters is 6. The second kappa shape index (κ2) is 17.5. The summed E-state index contributed by atoms with van der Waals surface area (Å²) in [6.45, 7) is 20.1. The fraction of sp³-hybridized carbons (Fsp3) is 0.610. The van der Waals surface area contributed by atoms with Gasteiger partial charge in [-0.15, -0.1) is 0 Å². The largest absolute Gasteiger partial charge is 0.458 e. The lowest BCUT2D eigenvalue weighted by Gasteiger charge is -2.45. The predicted molar refractivity (Wildman–Crippen MR) is 197 cm³/mol. The molecule has 1 aromatic carbocycles. The van der Waals surface area contributed by atoms with Gasteiger partial charge >= 0.3 is 35.8 Å². The Morgan fingerprint density at radius 3 is 1.80 bits per heavy atom. The third-order valence-corrected chi connectivity index (χ3v) is 10.0. The van der Waals surface area contributed by atoms with Gasteiger partial charge in [-0.05, 0) is 19.1 Å². The van der Waals surface area contributed by atoms with Crippen molar-refractivity contribution in [3.05, 3.63) is 60.2 Å². The summed E-state index contributed by atoms with van der Waals surface area (Å²) in [7, 11) is 0. The number of hydrogen-bond acceptors (Lipinski definition) is 14. The van der Waals surface area contributed by atoms with Gasteiger partial charge in [0, 0.05) is 44.1 Å². The molecule has 2 N–H and O–H groups in total. The summed E-state index contributed by atoms with van der Waals surface area (Å²) in [6, 6.07) is 7.74. The standard InChI is InChI=1S/C41H56O14/c1-21(2)36(46)54-31-24(6)30(53-38(48)28-16-14-13-15-17-28)29-34(51-26(8)43)40(12,55-37(47)22(3)4)20-41(29,49)33(45)23(5)18-19-39(10,11)35(52-27(9)44)32(31)50-25(7)42/h13-19,21-23,29-35,45,49H,6,20H2,1-5,7-12H3/b19-18+/t23-,29-,30-,31-,32+,33-,34+,35+,40+,41+/m0/s1. The lowest BCUT2D eigenvalue weighted by atomic mass is 9.71. The normalized spacial score (nSPS) is 32.5. The molecule has 0 heterocycles. The van der Waals surface area contributed by atoms with Gasteiger partial charge in [0.2, 0.25) is 0 Å². The third kappa shape index (κ3) is 10.2. The van der Waals surface area contributed by atoms with Gasteiger partial charge in [0.05, 0.1) is 29.4 Å². The van der Waals surface area contributed by atoms with Crippen LogP contribution in [0, 0.1) is 29.1 Å². The molecule has 2 aliphatic rings. The summed E-state index contributed by atoms with van der Waals surface area (Å²) in [5.74, 6) is -9.07. The molecule has 1 aromatic rings. The highest BCUT2D eigenvalue weighted by Gasteiger charge is 2.69. The number of aliphatic hydroxyl groups is 2. The van der Waals surface area contributed by atoms with E-state index in [1.54, 1.807) is 78.8 Å². The van der Waals surface area contributed by atoms with E-state index < -0.39 is 119 Å². The number of rotatable bonds is 9. The quantitative estimate of drug-likeness (QED) is 0.203. The zero-order chi connectivity index (χ0) is 41.8. The maximum absolute atomic E-state index is 14.1. The van der Waals surface area contributed by atoms with E-state index in [0.29, 0.717) is 0 Å². The van der Waals surface area contributed by atoms with Gasteiger partial charge in [-0.3, -0.25) is 24.0 Å². The van der Waals surface area contributed by atoms with E-state index in [1.165, 1.54) is 19.1 Å². The highest BCUT2D eigenvalue weighted by Crippen LogP contribution is 2.53. The highest BCUT2D eigenvalue weighted by molar-refractivity contribution is 5.89. The molecule has 0 aliphatic heterocycles. The van der Waals surface area contributed by atoms with E-state index >= 15 is 0 Å². The van der Waals surface area contributed by atoms with E-state index in [2.05, 4.69) is 6.58 Å². The number of hydrogen-bond donors (Lipinski definition) is 2. The van der Waals surface area contributed by atoms with Crippen LogP contribution < -0.4 is 0 Å². The molecule has 0 unspecified atom stereocenters. The first kappa shape index (κ1) is 44.8. The van der Waals surface area contributed by atoms with Crippen molar-refractivity contribution in [2.75, 3.05) is 0 Å². The molecule has 0 radical (unpaired) electrons. The molecule has 304 valence electrons. The Balaban J connectivity index is 2.56. The van der Waals surface area contributed by atoms with Gasteiger partial charge in [0.1, 0.15) is 17.3 Å². The van der Waals surface area contributed by atoms with Crippen molar-refractivity contribution in [3.63, 3.8) is 0 Å². The summed E-state index contributed by atoms with van der Waals surface area (Å²) in [5, 5.41) is 25.2. The average molecular weight is 773 g/mol. The second-order valence-corrected chi connectivity index (χ2v) is 16.0. The number of fused-ring (bicyclic) bond motifs is 1. The Hall–Kier alpha value is -4.56. The number of ether oxygens (including phenoxy) is 6. The summed E-state index contributed by atoms with van der Waals surface area (Å²) >= 11 is 0. The maximum Gasteiger partial charge on any atom is 0.338 e. The lowest BCUT2D eigenvalue weighted by Crippen LogP contribution is -2.59. The van der Waals surface area contributed by atoms with Crippen molar-refractivity contribution in [2.45, 2.75) is 130 Å². The van der Waals surface area contributed by atoms with E-state index in [-0.39, 0.29) is 11.1 Å². The van der Waals surface area contributed by atoms with Crippen molar-refractivity contribution < 1.29 is 67.4 Å². The average Bonchev–Trinajstić information content (AvgIpc) is 3.30. The van der Waals surface area contributed by atoms with E-state index in [4.69, 9.17) is 28.4 Å². The summed E-state index contributed by atoms with van der Waals surface area (Å²) in [5.41, 5.74) is -5.75. The fourth-order valence-corrected chi connectivity index (χ4v) is 7.23. The molecule has 14 heteroatoms. The van der Waals surface area contributed by atoms with Crippen LogP contribution in [0.15, 0.2) is 54.6 Å². The fourth-order valence-electron chi connectivity index (χ4n) is 7.23. The summed E-state index contributed by atoms with van der Waals surface area (Å²) in [6.07, 6.45) is -7.43. The van der Waals surface area contributed by atoms with Crippen LogP contribution in [0.3, 0.4) is 0 Å². The minimum Gasteiger partial charge on any atom is -0.458 e. The minimum atomic E-state index is -2.40. The number of carbonyl (C=O) groups is 6. The van der Waals surface area contributed by atoms with Crippen LogP contribution in [0.4, 0.5) is 0 Å². The lowest BCUT2D eigenvalue weighted by molar-refractivity contribution is -0.195. The molecular formula is C41H56O14. The zero-order valence-corrected chi connectivity index (χ0v) is 33.5. The van der Waals surface area contributed by atoms with Gasteiger partial charge in [-0.25, -0.2) is 4.79 Å². The first-order valence-corrected chi connectivity index (χ1v) is 18.4. The molecule has 55 heavy (non-hydrogen) atoms. The number of aliphatic hydroxyl groups excluding tert-OH is 1. The molecule has 1 fully saturated rings. The minimum absolute atomic E-state index is 0.0454. The molecule has 14 nitrogen and oxygen atoms in total. The molecule has 1 saturated carbocycles. The molecule has 0 amide bonds. The van der Waals surface area contributed by atoms with E-state index in [1.807, 2.05) is 0 Å². The van der Waals surface area contributed by atoms with Crippen molar-refractivity contribution in [1.29, 1.82) is 0 Å². The van der Waals surface area contributed by atoms with Crippen molar-refractivity contribution in [3.8, 4) is 0 Å². The maximum atomic E-state index is 14.1. The third-order valence-electron chi connectivity index (χ3n) is 10.0. The van der Waals surface area contributed by atoms with Gasteiger partial charge in [-0.1, -0.05) is 85.4 Å². The molecular weight excluding hydrogens is 716 g/mol. The Morgan fingerprint density at radius 2 is 1.29 bits per heavy atom. The first-order valence-electron chi connectivity index (χ1n) is 18.4. The molecule has 2 aliphatic carbocycles. The van der Waals surface area contributed by atoms with Crippen LogP contribution in [0.25, 0.3) is 0 Å². The summed E-state index contributed by atoms with van der Waals surface area (Å²) in [4.78, 5) is 79.3. The van der Waals surface area contributed by atoms with Crippen molar-refractivity contribution in [2.24, 2.45) is 29.1 Å². The topological polar surface area (TPSA) is 198 Å². The van der Waals surface area contributed by atoms with Gasteiger partial charge < -0.3 is 38.6 Å². The van der Waals surface area contributed by atoms with Crippen LogP contribution in [0.2, 0.25) is 0 Å². The number of carbonyl (C=O) groups excluding carboxylic acids is 6. The number of benzene rings is 1. The van der Waals surface area contributed by atoms with Crippen LogP contribution >= 0.6 is 0 Å². The molecule has 0 spiro atoms. The van der Waals surface area contributed by atoms with Crippen molar-refractivity contribution >= 4 is 35.8 Å². The Labute approximate surface area is 322 Å².